The van der Waals surface area contributed by atoms with Crippen LogP contribution in [0.15, 0.2) is 66.7 Å². The van der Waals surface area contributed by atoms with Crippen molar-refractivity contribution in [1.29, 1.82) is 0 Å². The molecule has 0 unspecified atom stereocenters. The number of halogens is 1. The molecule has 2 heterocycles. The van der Waals surface area contributed by atoms with E-state index in [4.69, 9.17) is 4.98 Å². The number of aryl methyl sites for hydroxylation is 3. The molecule has 3 aromatic carbocycles. The van der Waals surface area contributed by atoms with Gasteiger partial charge in [0.2, 0.25) is 0 Å². The molecule has 0 saturated carbocycles. The summed E-state index contributed by atoms with van der Waals surface area (Å²) >= 11 is 1.84. The zero-order valence-corrected chi connectivity index (χ0v) is 20.7. The van der Waals surface area contributed by atoms with E-state index in [0.717, 1.165) is 47.5 Å². The molecule has 1 aliphatic carbocycles. The monoisotopic (exact) mass is 496 g/mol. The van der Waals surface area contributed by atoms with E-state index in [9.17, 15) is 9.18 Å². The van der Waals surface area contributed by atoms with Crippen molar-refractivity contribution in [2.75, 3.05) is 5.32 Å². The molecule has 0 saturated heterocycles. The summed E-state index contributed by atoms with van der Waals surface area (Å²) in [5.74, 6) is 0.283. The highest BCUT2D eigenvalue weighted by atomic mass is 32.1. The van der Waals surface area contributed by atoms with Gasteiger partial charge in [0.25, 0.3) is 5.91 Å². The number of imidazole rings is 1. The first-order valence-electron chi connectivity index (χ1n) is 12.2. The fourth-order valence-electron chi connectivity index (χ4n) is 4.82. The molecule has 36 heavy (non-hydrogen) atoms. The van der Waals surface area contributed by atoms with Crippen molar-refractivity contribution >= 4 is 34.0 Å². The summed E-state index contributed by atoms with van der Waals surface area (Å²) in [6.07, 6.45) is 5.59. The van der Waals surface area contributed by atoms with Crippen LogP contribution in [0.1, 0.15) is 50.2 Å². The summed E-state index contributed by atoms with van der Waals surface area (Å²) in [4.78, 5) is 23.9. The Bertz CT molecular complexity index is 1540. The third kappa shape index (κ3) is 4.42. The van der Waals surface area contributed by atoms with Gasteiger partial charge in [-0.3, -0.25) is 9.36 Å². The highest BCUT2D eigenvalue weighted by Crippen LogP contribution is 2.28. The molecule has 0 atom stereocenters. The lowest BCUT2D eigenvalue weighted by molar-refractivity contribution is 0.102. The van der Waals surface area contributed by atoms with Gasteiger partial charge < -0.3 is 5.32 Å². The molecule has 2 aromatic heterocycles. The molecule has 180 valence electrons. The molecular formula is C29H25FN4OS. The second-order valence-electron chi connectivity index (χ2n) is 9.19. The Morgan fingerprint density at radius 1 is 1.00 bits per heavy atom. The van der Waals surface area contributed by atoms with Crippen LogP contribution in [0.2, 0.25) is 0 Å². The number of hydrogen-bond acceptors (Lipinski definition) is 4. The summed E-state index contributed by atoms with van der Waals surface area (Å²) in [6.45, 7) is 1.89. The van der Waals surface area contributed by atoms with Gasteiger partial charge in [-0.1, -0.05) is 12.1 Å². The molecular weight excluding hydrogens is 471 g/mol. The van der Waals surface area contributed by atoms with Crippen molar-refractivity contribution in [1.82, 2.24) is 14.5 Å². The van der Waals surface area contributed by atoms with Gasteiger partial charge in [0.15, 0.2) is 0 Å². The van der Waals surface area contributed by atoms with E-state index in [2.05, 4.69) is 10.3 Å². The van der Waals surface area contributed by atoms with Gasteiger partial charge >= 0.3 is 0 Å². The molecule has 0 spiro atoms. The van der Waals surface area contributed by atoms with Crippen molar-refractivity contribution in [3.05, 3.63) is 105 Å². The van der Waals surface area contributed by atoms with Gasteiger partial charge in [-0.15, -0.1) is 11.3 Å². The number of rotatable bonds is 5. The molecule has 0 radical (unpaired) electrons. The van der Waals surface area contributed by atoms with Crippen molar-refractivity contribution in [2.24, 2.45) is 0 Å². The predicted octanol–water partition coefficient (Wildman–Crippen LogP) is 6.65. The average molecular weight is 497 g/mol. The van der Waals surface area contributed by atoms with E-state index >= 15 is 0 Å². The number of fused-ring (bicyclic) bond motifs is 2. The van der Waals surface area contributed by atoms with Gasteiger partial charge in [0, 0.05) is 28.2 Å². The Kier molecular flexibility index (Phi) is 5.85. The molecule has 1 N–H and O–H groups in total. The van der Waals surface area contributed by atoms with Crippen LogP contribution in [-0.4, -0.2) is 20.4 Å². The Hall–Kier alpha value is -3.84. The Labute approximate surface area is 212 Å². The van der Waals surface area contributed by atoms with E-state index < -0.39 is 0 Å². The number of thiazole rings is 1. The molecule has 7 heteroatoms. The average Bonchev–Trinajstić information content (AvgIpc) is 3.44. The number of aromatic nitrogens is 3. The number of nitrogens with zero attached hydrogens (tertiary/aromatic N) is 3. The summed E-state index contributed by atoms with van der Waals surface area (Å²) in [5.41, 5.74) is 6.12. The van der Waals surface area contributed by atoms with Gasteiger partial charge in [-0.25, -0.2) is 14.4 Å². The SMILES string of the molecule is Cc1nc2ccc(C(=O)Nc3ccc(Cc4nc5c(s4)CCCC5)cc3)cc2n1-c1ccc(F)cc1. The maximum Gasteiger partial charge on any atom is 0.255 e. The standard InChI is InChI=1S/C29H25FN4OS/c1-18-31-24-15-8-20(17-26(24)34(18)23-13-9-21(30)10-14-23)29(35)32-22-11-6-19(7-12-22)16-28-33-25-4-2-3-5-27(25)36-28/h6-15,17H,2-5,16H2,1H3,(H,32,35). The number of anilines is 1. The molecule has 6 rings (SSSR count). The minimum Gasteiger partial charge on any atom is -0.322 e. The number of hydrogen-bond donors (Lipinski definition) is 1. The molecule has 0 bridgehead atoms. The zero-order chi connectivity index (χ0) is 24.6. The normalized spacial score (nSPS) is 13.1. The largest absolute Gasteiger partial charge is 0.322 e. The van der Waals surface area contributed by atoms with E-state index in [1.807, 2.05) is 59.2 Å². The van der Waals surface area contributed by atoms with E-state index in [-0.39, 0.29) is 11.7 Å². The van der Waals surface area contributed by atoms with Crippen molar-refractivity contribution in [3.8, 4) is 5.69 Å². The van der Waals surface area contributed by atoms with Crippen LogP contribution >= 0.6 is 11.3 Å². The minimum atomic E-state index is -0.294. The summed E-state index contributed by atoms with van der Waals surface area (Å²) in [7, 11) is 0. The molecule has 5 aromatic rings. The molecule has 1 amide bonds. The van der Waals surface area contributed by atoms with Crippen molar-refractivity contribution in [3.63, 3.8) is 0 Å². The Morgan fingerprint density at radius 3 is 2.56 bits per heavy atom. The van der Waals surface area contributed by atoms with Gasteiger partial charge in [0.05, 0.1) is 21.7 Å². The Morgan fingerprint density at radius 2 is 1.78 bits per heavy atom. The maximum absolute atomic E-state index is 13.4. The fraction of sp³-hybridized carbons (Fsp3) is 0.207. The topological polar surface area (TPSA) is 59.8 Å². The molecule has 0 aliphatic heterocycles. The lowest BCUT2D eigenvalue weighted by Gasteiger charge is -2.09. The number of carbonyl (C=O) groups excluding carboxylic acids is 1. The second-order valence-corrected chi connectivity index (χ2v) is 10.4. The van der Waals surface area contributed by atoms with Crippen LogP contribution in [0.3, 0.4) is 0 Å². The van der Waals surface area contributed by atoms with E-state index in [1.54, 1.807) is 18.2 Å². The quantitative estimate of drug-likeness (QED) is 0.296. The maximum atomic E-state index is 13.4. The van der Waals surface area contributed by atoms with Crippen LogP contribution in [0.25, 0.3) is 16.7 Å². The van der Waals surface area contributed by atoms with Crippen molar-refractivity contribution < 1.29 is 9.18 Å². The molecule has 1 aliphatic rings. The zero-order valence-electron chi connectivity index (χ0n) is 19.9. The third-order valence-electron chi connectivity index (χ3n) is 6.63. The van der Waals surface area contributed by atoms with Crippen LogP contribution in [0.5, 0.6) is 0 Å². The lowest BCUT2D eigenvalue weighted by Crippen LogP contribution is -2.12. The number of carbonyl (C=O) groups is 1. The molecule has 5 nitrogen and oxygen atoms in total. The summed E-state index contributed by atoms with van der Waals surface area (Å²) in [6, 6.07) is 19.7. The fourth-order valence-corrected chi connectivity index (χ4v) is 6.01. The second kappa shape index (κ2) is 9.32. The number of amides is 1. The first-order chi connectivity index (χ1) is 17.5. The van der Waals surface area contributed by atoms with Gasteiger partial charge in [0.1, 0.15) is 11.6 Å². The van der Waals surface area contributed by atoms with Gasteiger partial charge in [-0.05, 0) is 92.8 Å². The van der Waals surface area contributed by atoms with Crippen LogP contribution < -0.4 is 5.32 Å². The summed E-state index contributed by atoms with van der Waals surface area (Å²) < 4.78 is 15.3. The van der Waals surface area contributed by atoms with Crippen molar-refractivity contribution in [2.45, 2.75) is 39.0 Å². The predicted molar refractivity (Wildman–Crippen MR) is 142 cm³/mol. The Balaban J connectivity index is 1.19. The first-order valence-corrected chi connectivity index (χ1v) is 13.0. The van der Waals surface area contributed by atoms with Gasteiger partial charge in [-0.2, -0.15) is 0 Å². The van der Waals surface area contributed by atoms with Crippen LogP contribution in [-0.2, 0) is 19.3 Å². The lowest BCUT2D eigenvalue weighted by atomic mass is 10.0. The molecule has 0 fully saturated rings. The van der Waals surface area contributed by atoms with E-state index in [1.165, 1.54) is 46.1 Å². The minimum absolute atomic E-state index is 0.193. The highest BCUT2D eigenvalue weighted by molar-refractivity contribution is 7.11. The number of nitrogens with one attached hydrogen (secondary N) is 1. The third-order valence-corrected chi connectivity index (χ3v) is 7.78. The highest BCUT2D eigenvalue weighted by Gasteiger charge is 2.16. The summed E-state index contributed by atoms with van der Waals surface area (Å²) in [5, 5.41) is 4.16. The van der Waals surface area contributed by atoms with E-state index in [0.29, 0.717) is 5.56 Å². The number of benzene rings is 3. The van der Waals surface area contributed by atoms with Crippen LogP contribution in [0, 0.1) is 12.7 Å². The van der Waals surface area contributed by atoms with Crippen LogP contribution in [0.4, 0.5) is 10.1 Å². The first kappa shape index (κ1) is 22.6. The smallest absolute Gasteiger partial charge is 0.255 e.